The predicted molar refractivity (Wildman–Crippen MR) is 87.1 cm³/mol. The number of carbonyl (C=O) groups is 2. The van der Waals surface area contributed by atoms with Gasteiger partial charge in [0.1, 0.15) is 24.4 Å². The van der Waals surface area contributed by atoms with Crippen LogP contribution in [0.2, 0.25) is 0 Å². The molecule has 11 nitrogen and oxygen atoms in total. The molecule has 3 rings (SSSR count). The number of hydrogen-bond donors (Lipinski definition) is 5. The van der Waals surface area contributed by atoms with Gasteiger partial charge in [0.25, 0.3) is 0 Å². The number of rotatable bonds is 5. The first kappa shape index (κ1) is 20.7. The molecule has 0 radical (unpaired) electrons. The molecule has 1 fully saturated rings. The largest absolute Gasteiger partial charge is 0.481 e. The third-order valence-corrected chi connectivity index (χ3v) is 5.18. The molecule has 156 valence electrons. The summed E-state index contributed by atoms with van der Waals surface area (Å²) in [6.45, 7) is -0.645. The fourth-order valence-electron chi connectivity index (χ4n) is 3.66. The Kier molecular flexibility index (Phi) is 6.03. The number of methoxy groups -OCH3 is 1. The van der Waals surface area contributed by atoms with E-state index in [9.17, 15) is 35.1 Å². The van der Waals surface area contributed by atoms with E-state index in [1.165, 1.54) is 13.2 Å². The number of carboxylic acid groups (broad SMARTS) is 1. The smallest absolute Gasteiger partial charge is 0.337 e. The van der Waals surface area contributed by atoms with Crippen LogP contribution >= 0.6 is 0 Å². The van der Waals surface area contributed by atoms with E-state index >= 15 is 0 Å². The van der Waals surface area contributed by atoms with Crippen molar-refractivity contribution in [3.8, 4) is 0 Å². The van der Waals surface area contributed by atoms with Gasteiger partial charge in [-0.1, -0.05) is 12.2 Å². The van der Waals surface area contributed by atoms with Gasteiger partial charge in [-0.3, -0.25) is 4.79 Å². The molecular formula is C17H22O11. The minimum absolute atomic E-state index is 0.112. The highest BCUT2D eigenvalue weighted by Gasteiger charge is 2.51. The number of aliphatic hydroxyl groups excluding tert-OH is 4. The van der Waals surface area contributed by atoms with Gasteiger partial charge in [-0.2, -0.15) is 0 Å². The van der Waals surface area contributed by atoms with E-state index < -0.39 is 73.3 Å². The molecule has 0 amide bonds. The van der Waals surface area contributed by atoms with Crippen molar-refractivity contribution in [1.29, 1.82) is 0 Å². The second-order valence-electron chi connectivity index (χ2n) is 6.75. The van der Waals surface area contributed by atoms with E-state index in [4.69, 9.17) is 14.2 Å². The number of hydrogen-bond acceptors (Lipinski definition) is 10. The average molecular weight is 402 g/mol. The summed E-state index contributed by atoms with van der Waals surface area (Å²) in [7, 11) is 1.18. The zero-order valence-electron chi connectivity index (χ0n) is 14.8. The molecule has 0 spiro atoms. The Balaban J connectivity index is 1.84. The van der Waals surface area contributed by atoms with Crippen LogP contribution in [0.15, 0.2) is 24.0 Å². The molecule has 5 N–H and O–H groups in total. The van der Waals surface area contributed by atoms with Crippen LogP contribution in [0, 0.1) is 17.8 Å². The lowest BCUT2D eigenvalue weighted by molar-refractivity contribution is -0.342. The van der Waals surface area contributed by atoms with E-state index in [0.29, 0.717) is 0 Å². The van der Waals surface area contributed by atoms with Crippen LogP contribution in [0.25, 0.3) is 0 Å². The maximum Gasteiger partial charge on any atom is 0.337 e. The summed E-state index contributed by atoms with van der Waals surface area (Å²) in [4.78, 5) is 23.6. The minimum atomic E-state index is -1.68. The van der Waals surface area contributed by atoms with E-state index in [-0.39, 0.29) is 5.57 Å². The zero-order chi connectivity index (χ0) is 20.6. The van der Waals surface area contributed by atoms with Gasteiger partial charge >= 0.3 is 11.9 Å². The number of carbonyl (C=O) groups excluding carboxylic acids is 1. The standard InChI is InChI=1S/C17H22O11/c1-25-15(24)8-5-26-16(10-6(8)2-3-7(10)14(22)23)28-17-13(21)12(20)11(19)9(4-18)27-17/h2-3,5-7,9-13,16-21H,4H2,1H3,(H,22,23). The highest BCUT2D eigenvalue weighted by molar-refractivity contribution is 5.90. The molecule has 0 aromatic rings. The maximum atomic E-state index is 11.9. The molecule has 2 aliphatic heterocycles. The number of esters is 1. The van der Waals surface area contributed by atoms with E-state index in [2.05, 4.69) is 4.74 Å². The van der Waals surface area contributed by atoms with E-state index in [0.717, 1.165) is 6.26 Å². The molecule has 9 atom stereocenters. The van der Waals surface area contributed by atoms with Crippen LogP contribution in [-0.2, 0) is 28.5 Å². The van der Waals surface area contributed by atoms with Crippen LogP contribution in [0.1, 0.15) is 0 Å². The molecule has 9 unspecified atom stereocenters. The predicted octanol–water partition coefficient (Wildman–Crippen LogP) is -2.28. The molecule has 0 bridgehead atoms. The summed E-state index contributed by atoms with van der Waals surface area (Å²) in [5, 5.41) is 48.6. The summed E-state index contributed by atoms with van der Waals surface area (Å²) in [5.41, 5.74) is 0.112. The van der Waals surface area contributed by atoms with E-state index in [1.807, 2.05) is 0 Å². The van der Waals surface area contributed by atoms with Gasteiger partial charge in [0.05, 0.1) is 31.5 Å². The third kappa shape index (κ3) is 3.52. The van der Waals surface area contributed by atoms with Crippen molar-refractivity contribution in [3.63, 3.8) is 0 Å². The molecule has 1 aliphatic carbocycles. The van der Waals surface area contributed by atoms with Crippen LogP contribution in [0.3, 0.4) is 0 Å². The van der Waals surface area contributed by atoms with Crippen molar-refractivity contribution in [2.45, 2.75) is 37.0 Å². The molecule has 0 saturated carbocycles. The number of ether oxygens (including phenoxy) is 4. The van der Waals surface area contributed by atoms with Crippen molar-refractivity contribution < 1.29 is 54.1 Å². The second-order valence-corrected chi connectivity index (χ2v) is 6.75. The first-order valence-electron chi connectivity index (χ1n) is 8.61. The van der Waals surface area contributed by atoms with Gasteiger partial charge in [0, 0.05) is 11.8 Å². The van der Waals surface area contributed by atoms with Crippen molar-refractivity contribution >= 4 is 11.9 Å². The van der Waals surface area contributed by atoms with Crippen LogP contribution in [0.4, 0.5) is 0 Å². The highest BCUT2D eigenvalue weighted by Crippen LogP contribution is 2.43. The first-order valence-corrected chi connectivity index (χ1v) is 8.61. The SMILES string of the molecule is COC(=O)C1=COC(OC2OC(CO)C(O)C(O)C2O)C2C(C(=O)O)C=CC12. The normalized spacial score (nSPS) is 42.3. The zero-order valence-corrected chi connectivity index (χ0v) is 14.8. The van der Waals surface area contributed by atoms with Crippen molar-refractivity contribution in [1.82, 2.24) is 0 Å². The summed E-state index contributed by atoms with van der Waals surface area (Å²) in [5.74, 6) is -4.44. The van der Waals surface area contributed by atoms with Crippen LogP contribution in [0.5, 0.6) is 0 Å². The fraction of sp³-hybridized carbons (Fsp3) is 0.647. The molecule has 0 aromatic carbocycles. The Labute approximate surface area is 159 Å². The Morgan fingerprint density at radius 2 is 1.82 bits per heavy atom. The van der Waals surface area contributed by atoms with Gasteiger partial charge in [-0.25, -0.2) is 4.79 Å². The number of aliphatic hydroxyl groups is 4. The molecule has 3 aliphatic rings. The van der Waals surface area contributed by atoms with Crippen molar-refractivity contribution in [2.24, 2.45) is 17.8 Å². The Hall–Kier alpha value is -2.02. The molecule has 2 heterocycles. The topological polar surface area (TPSA) is 172 Å². The third-order valence-electron chi connectivity index (χ3n) is 5.18. The Morgan fingerprint density at radius 3 is 2.43 bits per heavy atom. The molecule has 11 heteroatoms. The van der Waals surface area contributed by atoms with Gasteiger partial charge in [-0.15, -0.1) is 0 Å². The molecular weight excluding hydrogens is 380 g/mol. The Bertz CT molecular complexity index is 672. The lowest BCUT2D eigenvalue weighted by Gasteiger charge is -2.43. The van der Waals surface area contributed by atoms with Crippen LogP contribution < -0.4 is 0 Å². The van der Waals surface area contributed by atoms with E-state index in [1.54, 1.807) is 6.08 Å². The molecule has 0 aromatic heterocycles. The highest BCUT2D eigenvalue weighted by atomic mass is 16.8. The second kappa shape index (κ2) is 8.15. The number of allylic oxidation sites excluding steroid dienone is 1. The number of carboxylic acids is 1. The van der Waals surface area contributed by atoms with Crippen molar-refractivity contribution in [2.75, 3.05) is 13.7 Å². The monoisotopic (exact) mass is 402 g/mol. The summed E-state index contributed by atoms with van der Waals surface area (Å²) in [6, 6.07) is 0. The van der Waals surface area contributed by atoms with Crippen LogP contribution in [-0.4, -0.2) is 88.2 Å². The van der Waals surface area contributed by atoms with Gasteiger partial charge < -0.3 is 44.5 Å². The number of fused-ring (bicyclic) bond motifs is 1. The minimum Gasteiger partial charge on any atom is -0.481 e. The fourth-order valence-corrected chi connectivity index (χ4v) is 3.66. The Morgan fingerprint density at radius 1 is 1.11 bits per heavy atom. The summed E-state index contributed by atoms with van der Waals surface area (Å²) in [6.07, 6.45) is -4.81. The lowest BCUT2D eigenvalue weighted by atomic mass is 9.81. The lowest BCUT2D eigenvalue weighted by Crippen LogP contribution is -2.60. The quantitative estimate of drug-likeness (QED) is 0.248. The van der Waals surface area contributed by atoms with Gasteiger partial charge in [0.15, 0.2) is 6.29 Å². The molecule has 28 heavy (non-hydrogen) atoms. The molecule has 1 saturated heterocycles. The summed E-state index contributed by atoms with van der Waals surface area (Å²) >= 11 is 0. The average Bonchev–Trinajstić information content (AvgIpc) is 3.13. The summed E-state index contributed by atoms with van der Waals surface area (Å²) < 4.78 is 20.9. The maximum absolute atomic E-state index is 11.9. The number of aliphatic carboxylic acids is 1. The van der Waals surface area contributed by atoms with Gasteiger partial charge in [-0.05, 0) is 0 Å². The van der Waals surface area contributed by atoms with Crippen molar-refractivity contribution in [3.05, 3.63) is 24.0 Å². The van der Waals surface area contributed by atoms with Gasteiger partial charge in [0.2, 0.25) is 6.29 Å². The first-order chi connectivity index (χ1) is 13.3.